The zero-order valence-electron chi connectivity index (χ0n) is 11.9. The predicted octanol–water partition coefficient (Wildman–Crippen LogP) is -0.0988. The first-order valence-corrected chi connectivity index (χ1v) is 8.13. The average molecular weight is 311 g/mol. The molecule has 3 rings (SSSR count). The van der Waals surface area contributed by atoms with Gasteiger partial charge < -0.3 is 26.0 Å². The number of hydrogen-bond donors (Lipinski definition) is 3. The van der Waals surface area contributed by atoms with Gasteiger partial charge >= 0.3 is 0 Å². The monoisotopic (exact) mass is 311 g/mol. The predicted molar refractivity (Wildman–Crippen MR) is 82.9 cm³/mol. The Labute approximate surface area is 127 Å². The molecular weight excluding hydrogens is 290 g/mol. The van der Waals surface area contributed by atoms with Crippen molar-refractivity contribution in [1.29, 1.82) is 0 Å². The number of carbonyl (C=O) groups excluding carboxylic acids is 1. The molecule has 0 radical (unpaired) electrons. The van der Waals surface area contributed by atoms with Crippen LogP contribution in [0.4, 0.5) is 10.9 Å². The van der Waals surface area contributed by atoms with Gasteiger partial charge in [0.25, 0.3) is 5.91 Å². The van der Waals surface area contributed by atoms with E-state index in [1.165, 1.54) is 11.3 Å². The van der Waals surface area contributed by atoms with Gasteiger partial charge in [-0.2, -0.15) is 0 Å². The number of nitrogens with zero attached hydrogens (tertiary/aromatic N) is 2. The Morgan fingerprint density at radius 3 is 3.05 bits per heavy atom. The Hall–Kier alpha value is -1.38. The van der Waals surface area contributed by atoms with Gasteiger partial charge in [0.1, 0.15) is 10.7 Å². The zero-order valence-corrected chi connectivity index (χ0v) is 12.7. The highest BCUT2D eigenvalue weighted by Crippen LogP contribution is 2.28. The summed E-state index contributed by atoms with van der Waals surface area (Å²) < 4.78 is 5.30. The van der Waals surface area contributed by atoms with Crippen LogP contribution in [0.3, 0.4) is 0 Å². The maximum absolute atomic E-state index is 12.2. The van der Waals surface area contributed by atoms with E-state index in [-0.39, 0.29) is 5.91 Å². The fraction of sp³-hybridized carbons (Fsp3) is 0.692. The number of thiazole rings is 1. The summed E-state index contributed by atoms with van der Waals surface area (Å²) in [6, 6.07) is 0. The van der Waals surface area contributed by atoms with Crippen LogP contribution in [0.2, 0.25) is 0 Å². The van der Waals surface area contributed by atoms with Gasteiger partial charge in [0.15, 0.2) is 5.13 Å². The van der Waals surface area contributed by atoms with Crippen molar-refractivity contribution >= 4 is 28.2 Å². The summed E-state index contributed by atoms with van der Waals surface area (Å²) in [6.07, 6.45) is 1.00. The molecule has 2 fully saturated rings. The molecule has 0 spiro atoms. The third kappa shape index (κ3) is 3.45. The van der Waals surface area contributed by atoms with Gasteiger partial charge in [-0.15, -0.1) is 0 Å². The van der Waals surface area contributed by atoms with Gasteiger partial charge in [-0.25, -0.2) is 4.98 Å². The maximum atomic E-state index is 12.2. The molecule has 4 N–H and O–H groups in total. The molecule has 0 bridgehead atoms. The van der Waals surface area contributed by atoms with Gasteiger partial charge in [0, 0.05) is 45.2 Å². The zero-order chi connectivity index (χ0) is 14.7. The molecule has 0 aliphatic carbocycles. The number of aromatic nitrogens is 1. The Bertz CT molecular complexity index is 495. The van der Waals surface area contributed by atoms with Gasteiger partial charge in [-0.05, 0) is 6.42 Å². The standard InChI is InChI=1S/C13H21N5O2S/c14-11-10(12(19)16-7-9-1-6-20-8-9)21-13(17-11)18-4-2-15-3-5-18/h9,15H,1-8,14H2,(H,16,19). The second kappa shape index (κ2) is 6.59. The second-order valence-electron chi connectivity index (χ2n) is 5.39. The van der Waals surface area contributed by atoms with E-state index >= 15 is 0 Å². The molecule has 1 unspecified atom stereocenters. The number of carbonyl (C=O) groups is 1. The van der Waals surface area contributed by atoms with Crippen LogP contribution in [-0.4, -0.2) is 56.8 Å². The quantitative estimate of drug-likeness (QED) is 0.719. The third-order valence-corrected chi connectivity index (χ3v) is 4.94. The van der Waals surface area contributed by atoms with E-state index in [0.29, 0.717) is 23.2 Å². The summed E-state index contributed by atoms with van der Waals surface area (Å²) >= 11 is 1.38. The first-order chi connectivity index (χ1) is 10.2. The number of nitrogens with one attached hydrogen (secondary N) is 2. The molecular formula is C13H21N5O2S. The lowest BCUT2D eigenvalue weighted by molar-refractivity contribution is 0.0949. The molecule has 7 nitrogen and oxygen atoms in total. The normalized spacial score (nSPS) is 22.5. The lowest BCUT2D eigenvalue weighted by Gasteiger charge is -2.26. The third-order valence-electron chi connectivity index (χ3n) is 3.81. The van der Waals surface area contributed by atoms with Gasteiger partial charge in [-0.1, -0.05) is 11.3 Å². The van der Waals surface area contributed by atoms with Crippen LogP contribution in [0.1, 0.15) is 16.1 Å². The molecule has 1 aromatic rings. The number of ether oxygens (including phenoxy) is 1. The number of nitrogens with two attached hydrogens (primary N) is 1. The molecule has 0 saturated carbocycles. The molecule has 2 aliphatic heterocycles. The Morgan fingerprint density at radius 2 is 2.33 bits per heavy atom. The minimum atomic E-state index is -0.127. The molecule has 1 atom stereocenters. The SMILES string of the molecule is Nc1nc(N2CCNCC2)sc1C(=O)NCC1CCOC1. The van der Waals surface area contributed by atoms with Crippen molar-refractivity contribution in [2.75, 3.05) is 56.6 Å². The van der Waals surface area contributed by atoms with Crippen molar-refractivity contribution < 1.29 is 9.53 Å². The maximum Gasteiger partial charge on any atom is 0.265 e. The molecule has 8 heteroatoms. The van der Waals surface area contributed by atoms with E-state index in [2.05, 4.69) is 20.5 Å². The van der Waals surface area contributed by atoms with Crippen LogP contribution in [-0.2, 0) is 4.74 Å². The number of hydrogen-bond acceptors (Lipinski definition) is 7. The minimum Gasteiger partial charge on any atom is -0.382 e. The summed E-state index contributed by atoms with van der Waals surface area (Å²) in [7, 11) is 0. The molecule has 1 amide bonds. The van der Waals surface area contributed by atoms with E-state index < -0.39 is 0 Å². The van der Waals surface area contributed by atoms with Crippen molar-refractivity contribution in [2.45, 2.75) is 6.42 Å². The van der Waals surface area contributed by atoms with E-state index in [0.717, 1.165) is 50.9 Å². The van der Waals surface area contributed by atoms with E-state index in [1.54, 1.807) is 0 Å². The topological polar surface area (TPSA) is 92.5 Å². The Kier molecular flexibility index (Phi) is 4.57. The number of anilines is 2. The molecule has 1 aromatic heterocycles. The number of piperazine rings is 1. The smallest absolute Gasteiger partial charge is 0.265 e. The minimum absolute atomic E-state index is 0.127. The summed E-state index contributed by atoms with van der Waals surface area (Å²) in [6.45, 7) is 5.81. The van der Waals surface area contributed by atoms with Crippen molar-refractivity contribution in [3.8, 4) is 0 Å². The number of amides is 1. The van der Waals surface area contributed by atoms with Crippen LogP contribution < -0.4 is 21.3 Å². The number of rotatable bonds is 4. The number of nitrogen functional groups attached to an aromatic ring is 1. The van der Waals surface area contributed by atoms with Gasteiger partial charge in [0.05, 0.1) is 6.61 Å². The van der Waals surface area contributed by atoms with Crippen molar-refractivity contribution in [2.24, 2.45) is 5.92 Å². The molecule has 21 heavy (non-hydrogen) atoms. The molecule has 3 heterocycles. The second-order valence-corrected chi connectivity index (χ2v) is 6.37. The van der Waals surface area contributed by atoms with Gasteiger partial charge in [0.2, 0.25) is 0 Å². The molecule has 116 valence electrons. The van der Waals surface area contributed by atoms with E-state index in [9.17, 15) is 4.79 Å². The Morgan fingerprint density at radius 1 is 1.52 bits per heavy atom. The van der Waals surface area contributed by atoms with E-state index in [1.807, 2.05) is 0 Å². The molecule has 0 aromatic carbocycles. The average Bonchev–Trinajstić information content (AvgIpc) is 3.15. The van der Waals surface area contributed by atoms with Gasteiger partial charge in [-0.3, -0.25) is 4.79 Å². The fourth-order valence-electron chi connectivity index (χ4n) is 2.54. The summed E-state index contributed by atoms with van der Waals surface area (Å²) in [5.74, 6) is 0.614. The highest BCUT2D eigenvalue weighted by molar-refractivity contribution is 7.18. The van der Waals surface area contributed by atoms with E-state index in [4.69, 9.17) is 10.5 Å². The van der Waals surface area contributed by atoms with Crippen LogP contribution in [0.25, 0.3) is 0 Å². The lowest BCUT2D eigenvalue weighted by atomic mass is 10.1. The van der Waals surface area contributed by atoms with Crippen molar-refractivity contribution in [3.63, 3.8) is 0 Å². The van der Waals surface area contributed by atoms with Crippen LogP contribution in [0, 0.1) is 5.92 Å². The first kappa shape index (κ1) is 14.6. The largest absolute Gasteiger partial charge is 0.382 e. The van der Waals surface area contributed by atoms with Crippen LogP contribution >= 0.6 is 11.3 Å². The Balaban J connectivity index is 1.61. The van der Waals surface area contributed by atoms with Crippen LogP contribution in [0.5, 0.6) is 0 Å². The lowest BCUT2D eigenvalue weighted by Crippen LogP contribution is -2.43. The summed E-state index contributed by atoms with van der Waals surface area (Å²) in [4.78, 5) is 19.3. The highest BCUT2D eigenvalue weighted by Gasteiger charge is 2.22. The fourth-order valence-corrected chi connectivity index (χ4v) is 3.49. The summed E-state index contributed by atoms with van der Waals surface area (Å²) in [5, 5.41) is 7.07. The van der Waals surface area contributed by atoms with Crippen molar-refractivity contribution in [1.82, 2.24) is 15.6 Å². The summed E-state index contributed by atoms with van der Waals surface area (Å²) in [5.41, 5.74) is 5.90. The first-order valence-electron chi connectivity index (χ1n) is 7.32. The van der Waals surface area contributed by atoms with Crippen molar-refractivity contribution in [3.05, 3.63) is 4.88 Å². The van der Waals surface area contributed by atoms with Crippen LogP contribution in [0.15, 0.2) is 0 Å². The highest BCUT2D eigenvalue weighted by atomic mass is 32.1. The molecule has 2 aliphatic rings. The molecule has 2 saturated heterocycles.